The van der Waals surface area contributed by atoms with Crippen LogP contribution in [0.2, 0.25) is 0 Å². The molecule has 0 bridgehead atoms. The van der Waals surface area contributed by atoms with Gasteiger partial charge in [-0.25, -0.2) is 4.79 Å². The van der Waals surface area contributed by atoms with Gasteiger partial charge in [0.1, 0.15) is 0 Å². The van der Waals surface area contributed by atoms with E-state index in [9.17, 15) is 14.4 Å². The average molecular weight is 299 g/mol. The molecular formula is C14H25N3O4. The quantitative estimate of drug-likeness (QED) is 0.609. The molecule has 7 nitrogen and oxygen atoms in total. The summed E-state index contributed by atoms with van der Waals surface area (Å²) in [6, 6.07) is -0.169. The molecule has 0 aromatic heterocycles. The minimum absolute atomic E-state index is 0.0163. The summed E-state index contributed by atoms with van der Waals surface area (Å²) < 4.78 is 0. The standard InChI is InChI=1S/C14H25N3O4/c1-2-5-12(18)16-11-6-4-9-17(10-11)14(21)15-8-3-7-13(19)20/h11H,2-10H2,1H3,(H,15,21)(H,16,18)(H,19,20). The summed E-state index contributed by atoms with van der Waals surface area (Å²) in [5, 5.41) is 14.2. The van der Waals surface area contributed by atoms with Gasteiger partial charge in [0.2, 0.25) is 5.91 Å². The summed E-state index contributed by atoms with van der Waals surface area (Å²) >= 11 is 0. The highest BCUT2D eigenvalue weighted by molar-refractivity contribution is 5.77. The van der Waals surface area contributed by atoms with Gasteiger partial charge in [-0.2, -0.15) is 0 Å². The number of rotatable bonds is 7. The maximum Gasteiger partial charge on any atom is 0.317 e. The number of aliphatic carboxylic acids is 1. The number of urea groups is 1. The second-order valence-electron chi connectivity index (χ2n) is 5.33. The van der Waals surface area contributed by atoms with Gasteiger partial charge < -0.3 is 20.6 Å². The van der Waals surface area contributed by atoms with E-state index in [0.29, 0.717) is 32.5 Å². The number of hydrogen-bond donors (Lipinski definition) is 3. The summed E-state index contributed by atoms with van der Waals surface area (Å²) in [4.78, 5) is 35.6. The molecule has 120 valence electrons. The first-order valence-electron chi connectivity index (χ1n) is 7.56. The molecule has 21 heavy (non-hydrogen) atoms. The molecular weight excluding hydrogens is 274 g/mol. The predicted octanol–water partition coefficient (Wildman–Crippen LogP) is 0.941. The van der Waals surface area contributed by atoms with Gasteiger partial charge in [0, 0.05) is 38.5 Å². The van der Waals surface area contributed by atoms with Crippen LogP contribution >= 0.6 is 0 Å². The van der Waals surface area contributed by atoms with Crippen molar-refractivity contribution in [3.8, 4) is 0 Å². The predicted molar refractivity (Wildman–Crippen MR) is 77.9 cm³/mol. The van der Waals surface area contributed by atoms with Crippen LogP contribution in [0.3, 0.4) is 0 Å². The van der Waals surface area contributed by atoms with Crippen LogP contribution in [-0.4, -0.2) is 53.6 Å². The monoisotopic (exact) mass is 299 g/mol. The highest BCUT2D eigenvalue weighted by Crippen LogP contribution is 2.10. The molecule has 1 rings (SSSR count). The zero-order valence-corrected chi connectivity index (χ0v) is 12.6. The van der Waals surface area contributed by atoms with Crippen LogP contribution in [0.15, 0.2) is 0 Å². The molecule has 1 unspecified atom stereocenters. The van der Waals surface area contributed by atoms with Gasteiger partial charge in [-0.1, -0.05) is 6.92 Å². The smallest absolute Gasteiger partial charge is 0.317 e. The van der Waals surface area contributed by atoms with Crippen LogP contribution in [0.4, 0.5) is 4.79 Å². The van der Waals surface area contributed by atoms with E-state index in [2.05, 4.69) is 10.6 Å². The molecule has 1 aliphatic rings. The van der Waals surface area contributed by atoms with Crippen LogP contribution < -0.4 is 10.6 Å². The zero-order chi connectivity index (χ0) is 15.7. The molecule has 0 aliphatic carbocycles. The lowest BCUT2D eigenvalue weighted by atomic mass is 10.1. The third-order valence-electron chi connectivity index (χ3n) is 3.39. The average Bonchev–Trinajstić information content (AvgIpc) is 2.43. The summed E-state index contributed by atoms with van der Waals surface area (Å²) in [5.74, 6) is -0.827. The van der Waals surface area contributed by atoms with Crippen molar-refractivity contribution in [3.05, 3.63) is 0 Å². The van der Waals surface area contributed by atoms with Crippen molar-refractivity contribution >= 4 is 17.9 Å². The van der Waals surface area contributed by atoms with E-state index in [0.717, 1.165) is 19.3 Å². The normalized spacial score (nSPS) is 18.1. The van der Waals surface area contributed by atoms with Crippen LogP contribution in [0.25, 0.3) is 0 Å². The lowest BCUT2D eigenvalue weighted by Crippen LogP contribution is -2.52. The first kappa shape index (κ1) is 17.3. The number of nitrogens with one attached hydrogen (secondary N) is 2. The van der Waals surface area contributed by atoms with Crippen molar-refractivity contribution in [1.82, 2.24) is 15.5 Å². The number of piperidine rings is 1. The SMILES string of the molecule is CCCC(=O)NC1CCCN(C(=O)NCCCC(=O)O)C1. The Morgan fingerprint density at radius 3 is 2.71 bits per heavy atom. The zero-order valence-electron chi connectivity index (χ0n) is 12.6. The van der Waals surface area contributed by atoms with Gasteiger partial charge in [-0.3, -0.25) is 9.59 Å². The van der Waals surface area contributed by atoms with Crippen LogP contribution in [0.5, 0.6) is 0 Å². The lowest BCUT2D eigenvalue weighted by Gasteiger charge is -2.33. The Bertz CT molecular complexity index is 373. The molecule has 0 radical (unpaired) electrons. The Kier molecular flexibility index (Phi) is 7.56. The first-order chi connectivity index (χ1) is 10.0. The second-order valence-corrected chi connectivity index (χ2v) is 5.33. The van der Waals surface area contributed by atoms with E-state index in [4.69, 9.17) is 5.11 Å². The molecule has 1 saturated heterocycles. The minimum Gasteiger partial charge on any atom is -0.481 e. The van der Waals surface area contributed by atoms with E-state index in [1.807, 2.05) is 6.92 Å². The molecule has 3 N–H and O–H groups in total. The molecule has 1 fully saturated rings. The highest BCUT2D eigenvalue weighted by Gasteiger charge is 2.24. The van der Waals surface area contributed by atoms with Crippen molar-refractivity contribution in [2.75, 3.05) is 19.6 Å². The number of carboxylic acids is 1. The summed E-state index contributed by atoms with van der Waals surface area (Å²) in [6.45, 7) is 3.50. The topological polar surface area (TPSA) is 98.7 Å². The fourth-order valence-electron chi connectivity index (χ4n) is 2.35. The van der Waals surface area contributed by atoms with Gasteiger partial charge in [-0.15, -0.1) is 0 Å². The number of carboxylic acid groups (broad SMARTS) is 1. The summed E-state index contributed by atoms with van der Waals surface area (Å²) in [6.07, 6.45) is 3.55. The minimum atomic E-state index is -0.860. The van der Waals surface area contributed by atoms with Crippen LogP contribution in [0, 0.1) is 0 Å². The molecule has 0 aromatic carbocycles. The molecule has 1 aliphatic heterocycles. The van der Waals surface area contributed by atoms with Crippen molar-refractivity contribution < 1.29 is 19.5 Å². The Morgan fingerprint density at radius 1 is 1.29 bits per heavy atom. The Morgan fingerprint density at radius 2 is 2.05 bits per heavy atom. The summed E-state index contributed by atoms with van der Waals surface area (Å²) in [7, 11) is 0. The van der Waals surface area contributed by atoms with E-state index >= 15 is 0 Å². The number of amides is 3. The molecule has 0 saturated carbocycles. The van der Waals surface area contributed by atoms with Crippen molar-refractivity contribution in [1.29, 1.82) is 0 Å². The van der Waals surface area contributed by atoms with Crippen LogP contribution in [0.1, 0.15) is 45.4 Å². The Hall–Kier alpha value is -1.79. The molecule has 3 amide bonds. The van der Waals surface area contributed by atoms with Gasteiger partial charge in [-0.05, 0) is 25.7 Å². The highest BCUT2D eigenvalue weighted by atomic mass is 16.4. The van der Waals surface area contributed by atoms with Crippen LogP contribution in [-0.2, 0) is 9.59 Å². The summed E-state index contributed by atoms with van der Waals surface area (Å²) in [5.41, 5.74) is 0. The molecule has 0 spiro atoms. The maximum atomic E-state index is 12.0. The fourth-order valence-corrected chi connectivity index (χ4v) is 2.35. The Balaban J connectivity index is 2.29. The molecule has 1 atom stereocenters. The largest absolute Gasteiger partial charge is 0.481 e. The van der Waals surface area contributed by atoms with E-state index in [1.54, 1.807) is 4.90 Å². The first-order valence-corrected chi connectivity index (χ1v) is 7.56. The maximum absolute atomic E-state index is 12.0. The fraction of sp³-hybridized carbons (Fsp3) is 0.786. The number of likely N-dealkylation sites (tertiary alicyclic amines) is 1. The van der Waals surface area contributed by atoms with Crippen molar-refractivity contribution in [3.63, 3.8) is 0 Å². The third-order valence-corrected chi connectivity index (χ3v) is 3.39. The van der Waals surface area contributed by atoms with E-state index < -0.39 is 5.97 Å². The lowest BCUT2D eigenvalue weighted by molar-refractivity contribution is -0.137. The number of carbonyl (C=O) groups excluding carboxylic acids is 2. The van der Waals surface area contributed by atoms with E-state index in [-0.39, 0.29) is 24.4 Å². The number of hydrogen-bond acceptors (Lipinski definition) is 3. The van der Waals surface area contributed by atoms with Crippen molar-refractivity contribution in [2.24, 2.45) is 0 Å². The van der Waals surface area contributed by atoms with Crippen molar-refractivity contribution in [2.45, 2.75) is 51.5 Å². The van der Waals surface area contributed by atoms with Gasteiger partial charge >= 0.3 is 12.0 Å². The molecule has 0 aromatic rings. The number of nitrogens with zero attached hydrogens (tertiary/aromatic N) is 1. The van der Waals surface area contributed by atoms with Gasteiger partial charge in [0.25, 0.3) is 0 Å². The molecule has 1 heterocycles. The Labute approximate surface area is 125 Å². The molecule has 7 heteroatoms. The van der Waals surface area contributed by atoms with E-state index in [1.165, 1.54) is 0 Å². The number of carbonyl (C=O) groups is 3. The van der Waals surface area contributed by atoms with Gasteiger partial charge in [0.05, 0.1) is 0 Å². The second kappa shape index (κ2) is 9.20. The van der Waals surface area contributed by atoms with Gasteiger partial charge in [0.15, 0.2) is 0 Å². The third kappa shape index (κ3) is 6.97.